The van der Waals surface area contributed by atoms with Crippen LogP contribution in [0.5, 0.6) is 0 Å². The summed E-state index contributed by atoms with van der Waals surface area (Å²) in [5.74, 6) is 0.930. The Balaban J connectivity index is 2.23. The fourth-order valence-electron chi connectivity index (χ4n) is 2.81. The van der Waals surface area contributed by atoms with Crippen molar-refractivity contribution in [1.29, 1.82) is 5.41 Å². The smallest absolute Gasteiger partial charge is 0.132 e. The molecule has 0 radical (unpaired) electrons. The highest BCUT2D eigenvalue weighted by molar-refractivity contribution is 5.97. The van der Waals surface area contributed by atoms with Gasteiger partial charge in [-0.1, -0.05) is 0 Å². The molecule has 7 N–H and O–H groups in total. The van der Waals surface area contributed by atoms with Crippen LogP contribution < -0.4 is 22.1 Å². The summed E-state index contributed by atoms with van der Waals surface area (Å²) in [6, 6.07) is 0. The number of hydrogen-bond acceptors (Lipinski definition) is 7. The van der Waals surface area contributed by atoms with Crippen LogP contribution in [0.15, 0.2) is 80.7 Å². The molecule has 0 spiro atoms. The summed E-state index contributed by atoms with van der Waals surface area (Å²) < 4.78 is 0. The minimum absolute atomic E-state index is 0.321. The topological polar surface area (TPSA) is 128 Å². The first-order valence-electron chi connectivity index (χ1n) is 9.09. The number of nitrogens with one attached hydrogen (secondary N) is 3. The van der Waals surface area contributed by atoms with Crippen molar-refractivity contribution < 1.29 is 0 Å². The van der Waals surface area contributed by atoms with Gasteiger partial charge in [-0.3, -0.25) is 4.99 Å². The van der Waals surface area contributed by atoms with Crippen LogP contribution >= 0.6 is 0 Å². The van der Waals surface area contributed by atoms with Gasteiger partial charge in [0.1, 0.15) is 11.7 Å². The fourth-order valence-corrected chi connectivity index (χ4v) is 2.81. The molecule has 8 heteroatoms. The van der Waals surface area contributed by atoms with Crippen LogP contribution in [0, 0.1) is 5.41 Å². The van der Waals surface area contributed by atoms with Crippen LogP contribution in [0.1, 0.15) is 13.8 Å². The maximum absolute atomic E-state index is 7.61. The zero-order valence-corrected chi connectivity index (χ0v) is 16.5. The lowest BCUT2D eigenvalue weighted by Gasteiger charge is -2.23. The van der Waals surface area contributed by atoms with E-state index in [2.05, 4.69) is 20.6 Å². The van der Waals surface area contributed by atoms with Gasteiger partial charge in [0.25, 0.3) is 0 Å². The van der Waals surface area contributed by atoms with E-state index in [1.54, 1.807) is 19.3 Å². The first kappa shape index (κ1) is 20.8. The van der Waals surface area contributed by atoms with Crippen molar-refractivity contribution in [1.82, 2.24) is 15.5 Å². The van der Waals surface area contributed by atoms with E-state index in [1.165, 1.54) is 12.4 Å². The number of allylic oxidation sites excluding steroid dienone is 6. The summed E-state index contributed by atoms with van der Waals surface area (Å²) in [6.45, 7) is 5.66. The molecule has 0 aromatic carbocycles. The van der Waals surface area contributed by atoms with Crippen LogP contribution in [0.4, 0.5) is 0 Å². The molecule has 0 bridgehead atoms. The first-order chi connectivity index (χ1) is 13.6. The van der Waals surface area contributed by atoms with E-state index in [9.17, 15) is 0 Å². The molecule has 0 atom stereocenters. The highest BCUT2D eigenvalue weighted by Crippen LogP contribution is 2.22. The molecule has 2 aliphatic rings. The van der Waals surface area contributed by atoms with Gasteiger partial charge in [-0.05, 0) is 32.1 Å². The summed E-state index contributed by atoms with van der Waals surface area (Å²) in [6.07, 6.45) is 13.8. The second-order valence-electron chi connectivity index (χ2n) is 5.99. The summed E-state index contributed by atoms with van der Waals surface area (Å²) in [4.78, 5) is 10.5. The zero-order valence-electron chi connectivity index (χ0n) is 16.5. The lowest BCUT2D eigenvalue weighted by molar-refractivity contribution is 0.403. The summed E-state index contributed by atoms with van der Waals surface area (Å²) in [5, 5.41) is 14.1. The molecule has 2 heterocycles. The molecule has 8 nitrogen and oxygen atoms in total. The lowest BCUT2D eigenvalue weighted by atomic mass is 10.0. The van der Waals surface area contributed by atoms with Gasteiger partial charge in [0.15, 0.2) is 0 Å². The highest BCUT2D eigenvalue weighted by Gasteiger charge is 2.16. The molecule has 0 fully saturated rings. The van der Waals surface area contributed by atoms with E-state index < -0.39 is 0 Å². The molecule has 28 heavy (non-hydrogen) atoms. The summed E-state index contributed by atoms with van der Waals surface area (Å²) >= 11 is 0. The third-order valence-electron chi connectivity index (χ3n) is 4.25. The molecule has 0 amide bonds. The molecule has 148 valence electrons. The Kier molecular flexibility index (Phi) is 7.38. The Bertz CT molecular complexity index is 845. The van der Waals surface area contributed by atoms with Gasteiger partial charge in [0.2, 0.25) is 0 Å². The Morgan fingerprint density at radius 3 is 2.61 bits per heavy atom. The molecule has 0 saturated carbocycles. The molecule has 2 rings (SSSR count). The van der Waals surface area contributed by atoms with Crippen molar-refractivity contribution in [3.63, 3.8) is 0 Å². The van der Waals surface area contributed by atoms with Crippen molar-refractivity contribution in [2.75, 3.05) is 20.1 Å². The molecular formula is C20H28N8. The Morgan fingerprint density at radius 1 is 1.25 bits per heavy atom. The molecule has 0 aromatic heterocycles. The van der Waals surface area contributed by atoms with Gasteiger partial charge in [0.05, 0.1) is 17.1 Å². The van der Waals surface area contributed by atoms with E-state index in [0.29, 0.717) is 11.7 Å². The van der Waals surface area contributed by atoms with Crippen molar-refractivity contribution in [2.45, 2.75) is 13.8 Å². The summed E-state index contributed by atoms with van der Waals surface area (Å²) in [7, 11) is 1.70. The number of dihydropyridines is 2. The largest absolute Gasteiger partial charge is 0.404 e. The Morgan fingerprint density at radius 2 is 2.00 bits per heavy atom. The lowest BCUT2D eigenvalue weighted by Crippen LogP contribution is -2.27. The second-order valence-corrected chi connectivity index (χ2v) is 5.99. The van der Waals surface area contributed by atoms with Gasteiger partial charge in [-0.2, -0.15) is 0 Å². The van der Waals surface area contributed by atoms with Crippen LogP contribution in [0.2, 0.25) is 0 Å². The number of aliphatic imine (C=N–C) groups is 2. The zero-order chi connectivity index (χ0) is 20.5. The third kappa shape index (κ3) is 5.00. The summed E-state index contributed by atoms with van der Waals surface area (Å²) in [5.41, 5.74) is 16.0. The first-order valence-corrected chi connectivity index (χ1v) is 9.09. The molecule has 2 aliphatic heterocycles. The SMILES string of the molecule is CCN(CC)C(C=N)=CC(N)=NC1=CC=C2NC=C(C(C=NC)=CN)C=C2N1. The molecular weight excluding hydrogens is 352 g/mol. The average Bonchev–Trinajstić information content (AvgIpc) is 2.71. The number of hydrogen-bond donors (Lipinski definition) is 5. The predicted octanol–water partition coefficient (Wildman–Crippen LogP) is 1.46. The maximum Gasteiger partial charge on any atom is 0.132 e. The van der Waals surface area contributed by atoms with Crippen molar-refractivity contribution >= 4 is 18.3 Å². The Hall–Kier alpha value is -3.55. The molecule has 0 saturated heterocycles. The Labute approximate surface area is 166 Å². The van der Waals surface area contributed by atoms with Gasteiger partial charge in [-0.15, -0.1) is 0 Å². The molecule has 0 aliphatic carbocycles. The fraction of sp³-hybridized carbons (Fsp3) is 0.250. The van der Waals surface area contributed by atoms with Gasteiger partial charge in [-0.25, -0.2) is 4.99 Å². The number of amidine groups is 1. The van der Waals surface area contributed by atoms with E-state index in [0.717, 1.165) is 41.3 Å². The normalized spacial score (nSPS) is 17.6. The van der Waals surface area contributed by atoms with Gasteiger partial charge < -0.3 is 32.4 Å². The van der Waals surface area contributed by atoms with Gasteiger partial charge >= 0.3 is 0 Å². The minimum Gasteiger partial charge on any atom is -0.404 e. The molecule has 0 aromatic rings. The maximum atomic E-state index is 7.61. The highest BCUT2D eigenvalue weighted by atomic mass is 15.1. The quantitative estimate of drug-likeness (QED) is 0.322. The number of fused-ring (bicyclic) bond motifs is 1. The van der Waals surface area contributed by atoms with Crippen LogP contribution in [-0.2, 0) is 0 Å². The molecule has 0 unspecified atom stereocenters. The monoisotopic (exact) mass is 380 g/mol. The van der Waals surface area contributed by atoms with E-state index in [4.69, 9.17) is 16.9 Å². The van der Waals surface area contributed by atoms with Gasteiger partial charge in [0, 0.05) is 62.2 Å². The van der Waals surface area contributed by atoms with E-state index in [1.807, 2.05) is 43.2 Å². The van der Waals surface area contributed by atoms with Crippen LogP contribution in [0.3, 0.4) is 0 Å². The van der Waals surface area contributed by atoms with E-state index >= 15 is 0 Å². The van der Waals surface area contributed by atoms with Crippen molar-refractivity contribution in [2.24, 2.45) is 21.5 Å². The number of nitrogens with two attached hydrogens (primary N) is 2. The van der Waals surface area contributed by atoms with E-state index in [-0.39, 0.29) is 0 Å². The van der Waals surface area contributed by atoms with Crippen molar-refractivity contribution in [3.05, 3.63) is 70.8 Å². The average molecular weight is 381 g/mol. The predicted molar refractivity (Wildman–Crippen MR) is 117 cm³/mol. The standard InChI is InChI=1S/C20H28N8/c1-4-28(5-2)16(11-22)9-19(23)27-20-7-6-17-18(26-20)8-14(13-25-17)15(10-21)12-24-3/h6-13,22,25-26H,4-5,21H2,1-3H3,(H2,23,27). The third-order valence-corrected chi connectivity index (χ3v) is 4.25. The number of rotatable bonds is 8. The van der Waals surface area contributed by atoms with Crippen molar-refractivity contribution in [3.8, 4) is 0 Å². The second kappa shape index (κ2) is 9.96. The van der Waals surface area contributed by atoms with Crippen LogP contribution in [0.25, 0.3) is 0 Å². The minimum atomic E-state index is 0.321. The number of nitrogens with zero attached hydrogens (tertiary/aromatic N) is 3. The van der Waals surface area contributed by atoms with Crippen LogP contribution in [-0.4, -0.2) is 43.3 Å².